The zero-order chi connectivity index (χ0) is 17.9. The lowest BCUT2D eigenvalue weighted by Gasteiger charge is -2.32. The highest BCUT2D eigenvalue weighted by atomic mass is 16.6. The molecule has 5 N–H and O–H groups in total. The Hall–Kier alpha value is -2.56. The molecular weight excluding hydrogens is 322 g/mol. The van der Waals surface area contributed by atoms with Gasteiger partial charge in [0, 0.05) is 11.6 Å². The van der Waals surface area contributed by atoms with E-state index in [-0.39, 0.29) is 11.1 Å². The van der Waals surface area contributed by atoms with E-state index in [1.165, 1.54) is 12.1 Å². The zero-order valence-corrected chi connectivity index (χ0v) is 12.5. The van der Waals surface area contributed by atoms with E-state index in [1.807, 2.05) is 0 Å². The number of carbonyl (C=O) groups is 2. The van der Waals surface area contributed by atoms with Crippen LogP contribution in [0.1, 0.15) is 28.8 Å². The largest absolute Gasteiger partial charge is 0.481 e. The van der Waals surface area contributed by atoms with Crippen LogP contribution in [0, 0.1) is 10.1 Å². The first-order valence-corrected chi connectivity index (χ1v) is 7.20. The highest BCUT2D eigenvalue weighted by Gasteiger charge is 2.30. The van der Waals surface area contributed by atoms with Crippen molar-refractivity contribution in [2.24, 2.45) is 0 Å². The topological polar surface area (TPSA) is 162 Å². The maximum Gasteiger partial charge on any atom is 0.308 e. The Morgan fingerprint density at radius 3 is 2.62 bits per heavy atom. The molecule has 1 aliphatic heterocycles. The predicted octanol–water partition coefficient (Wildman–Crippen LogP) is -0.659. The van der Waals surface area contributed by atoms with Crippen molar-refractivity contribution in [1.29, 1.82) is 0 Å². The highest BCUT2D eigenvalue weighted by molar-refractivity contribution is 5.98. The van der Waals surface area contributed by atoms with Crippen LogP contribution in [0.4, 0.5) is 5.69 Å². The maximum atomic E-state index is 12.4. The molecule has 3 atom stereocenters. The number of nitro groups is 1. The number of piperidine rings is 1. The molecular formula is C14H17N3O7. The van der Waals surface area contributed by atoms with Gasteiger partial charge in [-0.2, -0.15) is 0 Å². The summed E-state index contributed by atoms with van der Waals surface area (Å²) in [5.41, 5.74) is -0.793. The van der Waals surface area contributed by atoms with Crippen molar-refractivity contribution in [3.05, 3.63) is 39.4 Å². The lowest BCUT2D eigenvalue weighted by molar-refractivity contribution is -0.385. The second kappa shape index (κ2) is 7.34. The SMILES string of the molecule is O=C(O)Cc1c(C(=O)NC2CCC(O)NC2O)cccc1[N+](=O)[O-]. The highest BCUT2D eigenvalue weighted by Crippen LogP contribution is 2.23. The third kappa shape index (κ3) is 4.04. The normalized spacial score (nSPS) is 23.5. The number of aliphatic hydroxyl groups excluding tert-OH is 2. The van der Waals surface area contributed by atoms with Crippen LogP contribution >= 0.6 is 0 Å². The summed E-state index contributed by atoms with van der Waals surface area (Å²) in [5, 5.41) is 44.1. The van der Waals surface area contributed by atoms with Crippen LogP contribution in [0.25, 0.3) is 0 Å². The molecule has 1 aromatic rings. The summed E-state index contributed by atoms with van der Waals surface area (Å²) in [6.45, 7) is 0. The third-order valence-electron chi connectivity index (χ3n) is 3.73. The minimum absolute atomic E-state index is 0.134. The number of benzene rings is 1. The van der Waals surface area contributed by atoms with Crippen LogP contribution < -0.4 is 10.6 Å². The quantitative estimate of drug-likeness (QED) is 0.349. The van der Waals surface area contributed by atoms with Crippen LogP contribution in [0.5, 0.6) is 0 Å². The molecule has 24 heavy (non-hydrogen) atoms. The van der Waals surface area contributed by atoms with Crippen molar-refractivity contribution in [2.75, 3.05) is 0 Å². The number of hydrogen-bond donors (Lipinski definition) is 5. The van der Waals surface area contributed by atoms with Gasteiger partial charge in [0.2, 0.25) is 0 Å². The van der Waals surface area contributed by atoms with Crippen LogP contribution in [-0.4, -0.2) is 50.6 Å². The predicted molar refractivity (Wildman–Crippen MR) is 80.1 cm³/mol. The molecule has 1 heterocycles. The average molecular weight is 339 g/mol. The monoisotopic (exact) mass is 339 g/mol. The van der Waals surface area contributed by atoms with Crippen molar-refractivity contribution in [3.8, 4) is 0 Å². The molecule has 0 aliphatic carbocycles. The molecule has 3 unspecified atom stereocenters. The van der Waals surface area contributed by atoms with Gasteiger partial charge in [-0.05, 0) is 18.9 Å². The minimum atomic E-state index is -1.30. The number of aliphatic carboxylic acids is 1. The number of amides is 1. The number of aliphatic hydroxyl groups is 2. The van der Waals surface area contributed by atoms with E-state index in [2.05, 4.69) is 10.6 Å². The van der Waals surface area contributed by atoms with E-state index in [9.17, 15) is 29.9 Å². The summed E-state index contributed by atoms with van der Waals surface area (Å²) in [4.78, 5) is 33.7. The van der Waals surface area contributed by atoms with E-state index < -0.39 is 47.4 Å². The first-order valence-electron chi connectivity index (χ1n) is 7.20. The fourth-order valence-electron chi connectivity index (χ4n) is 2.58. The number of hydrogen-bond acceptors (Lipinski definition) is 7. The van der Waals surface area contributed by atoms with Crippen molar-refractivity contribution in [1.82, 2.24) is 10.6 Å². The Labute approximate surface area is 136 Å². The summed E-state index contributed by atoms with van der Waals surface area (Å²) in [5.74, 6) is -2.03. The van der Waals surface area contributed by atoms with E-state index in [0.717, 1.165) is 6.07 Å². The summed E-state index contributed by atoms with van der Waals surface area (Å²) >= 11 is 0. The summed E-state index contributed by atoms with van der Waals surface area (Å²) in [6, 6.07) is 3.00. The molecule has 130 valence electrons. The number of nitrogens with zero attached hydrogens (tertiary/aromatic N) is 1. The van der Waals surface area contributed by atoms with Gasteiger partial charge in [-0.1, -0.05) is 6.07 Å². The summed E-state index contributed by atoms with van der Waals surface area (Å²) < 4.78 is 0. The van der Waals surface area contributed by atoms with Crippen LogP contribution in [-0.2, 0) is 11.2 Å². The van der Waals surface area contributed by atoms with Crippen LogP contribution in [0.15, 0.2) is 18.2 Å². The van der Waals surface area contributed by atoms with Gasteiger partial charge in [0.05, 0.1) is 22.9 Å². The van der Waals surface area contributed by atoms with Gasteiger partial charge >= 0.3 is 5.97 Å². The molecule has 1 aromatic carbocycles. The molecule has 10 nitrogen and oxygen atoms in total. The van der Waals surface area contributed by atoms with Gasteiger partial charge in [0.1, 0.15) is 12.5 Å². The standard InChI is InChI=1S/C14H17N3O7/c18-11-5-4-9(14(22)16-11)15-13(21)7-2-1-3-10(17(23)24)8(7)6-12(19)20/h1-3,9,11,14,16,18,22H,4-6H2,(H,15,21)(H,19,20). The molecule has 0 saturated carbocycles. The van der Waals surface area contributed by atoms with Gasteiger partial charge < -0.3 is 20.6 Å². The Bertz CT molecular complexity index is 664. The fourth-order valence-corrected chi connectivity index (χ4v) is 2.58. The number of carbonyl (C=O) groups excluding carboxylic acids is 1. The van der Waals surface area contributed by atoms with E-state index in [0.29, 0.717) is 12.8 Å². The van der Waals surface area contributed by atoms with E-state index in [1.54, 1.807) is 0 Å². The van der Waals surface area contributed by atoms with Gasteiger partial charge in [0.25, 0.3) is 11.6 Å². The Morgan fingerprint density at radius 1 is 1.33 bits per heavy atom. The van der Waals surface area contributed by atoms with Gasteiger partial charge in [-0.3, -0.25) is 25.0 Å². The second-order valence-electron chi connectivity index (χ2n) is 5.42. The number of carboxylic acids is 1. The zero-order valence-electron chi connectivity index (χ0n) is 12.5. The Kier molecular flexibility index (Phi) is 5.44. The van der Waals surface area contributed by atoms with Gasteiger partial charge in [-0.25, -0.2) is 0 Å². The van der Waals surface area contributed by atoms with Crippen LogP contribution in [0.2, 0.25) is 0 Å². The summed E-state index contributed by atoms with van der Waals surface area (Å²) in [7, 11) is 0. The molecule has 1 fully saturated rings. The second-order valence-corrected chi connectivity index (χ2v) is 5.42. The Balaban J connectivity index is 2.26. The number of nitro benzene ring substituents is 1. The maximum absolute atomic E-state index is 12.4. The molecule has 1 saturated heterocycles. The first-order chi connectivity index (χ1) is 11.3. The number of rotatable bonds is 5. The van der Waals surface area contributed by atoms with Crippen molar-refractivity contribution in [2.45, 2.75) is 37.8 Å². The molecule has 0 spiro atoms. The molecule has 1 amide bonds. The van der Waals surface area contributed by atoms with Crippen molar-refractivity contribution in [3.63, 3.8) is 0 Å². The molecule has 0 radical (unpaired) electrons. The lowest BCUT2D eigenvalue weighted by Crippen LogP contribution is -2.56. The summed E-state index contributed by atoms with van der Waals surface area (Å²) in [6.07, 6.45) is -2.14. The van der Waals surface area contributed by atoms with Gasteiger partial charge in [0.15, 0.2) is 0 Å². The molecule has 1 aliphatic rings. The Morgan fingerprint density at radius 2 is 2.04 bits per heavy atom. The number of nitrogens with one attached hydrogen (secondary N) is 2. The fraction of sp³-hybridized carbons (Fsp3) is 0.429. The third-order valence-corrected chi connectivity index (χ3v) is 3.73. The molecule has 0 aromatic heterocycles. The van der Waals surface area contributed by atoms with E-state index in [4.69, 9.17) is 5.11 Å². The smallest absolute Gasteiger partial charge is 0.308 e. The first kappa shape index (κ1) is 17.8. The molecule has 0 bridgehead atoms. The van der Waals surface area contributed by atoms with E-state index >= 15 is 0 Å². The molecule has 2 rings (SSSR count). The van der Waals surface area contributed by atoms with Crippen molar-refractivity contribution >= 4 is 17.6 Å². The lowest BCUT2D eigenvalue weighted by atomic mass is 9.99. The minimum Gasteiger partial charge on any atom is -0.481 e. The van der Waals surface area contributed by atoms with Crippen LogP contribution in [0.3, 0.4) is 0 Å². The number of carboxylic acid groups (broad SMARTS) is 1. The van der Waals surface area contributed by atoms with Crippen molar-refractivity contribution < 1.29 is 29.8 Å². The average Bonchev–Trinajstić information content (AvgIpc) is 2.49. The van der Waals surface area contributed by atoms with Gasteiger partial charge in [-0.15, -0.1) is 0 Å². The molecule has 10 heteroatoms.